The van der Waals surface area contributed by atoms with Crippen LogP contribution in [0.25, 0.3) is 16.8 Å². The molecule has 0 fully saturated rings. The van der Waals surface area contributed by atoms with E-state index in [1.54, 1.807) is 0 Å². The Morgan fingerprint density at radius 2 is 2.17 bits per heavy atom. The third-order valence-electron chi connectivity index (χ3n) is 3.44. The molecule has 0 unspecified atom stereocenters. The molecule has 0 atom stereocenters. The van der Waals surface area contributed by atoms with Crippen molar-refractivity contribution in [1.82, 2.24) is 14.0 Å². The quantitative estimate of drug-likeness (QED) is 0.791. The molecule has 0 aliphatic carbocycles. The topological polar surface area (TPSA) is 48.2 Å². The van der Waals surface area contributed by atoms with Gasteiger partial charge in [0.05, 0.1) is 16.7 Å². The van der Waals surface area contributed by atoms with Gasteiger partial charge in [0.1, 0.15) is 4.60 Å². The predicted molar refractivity (Wildman–Crippen MR) is 76.6 cm³/mol. The van der Waals surface area contributed by atoms with E-state index in [1.165, 1.54) is 5.56 Å². The molecule has 0 aliphatic heterocycles. The molecule has 1 aromatic carbocycles. The highest BCUT2D eigenvalue weighted by atomic mass is 79.9. The summed E-state index contributed by atoms with van der Waals surface area (Å²) < 4.78 is 5.16. The average Bonchev–Trinajstić information content (AvgIpc) is 2.86. The van der Waals surface area contributed by atoms with Crippen LogP contribution in [0.4, 0.5) is 0 Å². The summed E-state index contributed by atoms with van der Waals surface area (Å²) in [7, 11) is 1.99. The first-order chi connectivity index (χ1) is 8.67. The van der Waals surface area contributed by atoms with Crippen LogP contribution in [-0.4, -0.2) is 14.0 Å². The monoisotopic (exact) mass is 306 g/mol. The Kier molecular flexibility index (Phi) is 2.68. The van der Waals surface area contributed by atoms with Gasteiger partial charge in [-0.3, -0.25) is 4.40 Å². The lowest BCUT2D eigenvalue weighted by Crippen LogP contribution is -2.04. The first-order valence-electron chi connectivity index (χ1n) is 6.01. The van der Waals surface area contributed by atoms with Crippen LogP contribution >= 0.6 is 15.9 Å². The second-order valence-electron chi connectivity index (χ2n) is 4.42. The third kappa shape index (κ3) is 1.44. The first kappa shape index (κ1) is 11.7. The van der Waals surface area contributed by atoms with Gasteiger partial charge in [-0.25, -0.2) is 4.98 Å². The molecule has 3 aromatic rings. The second-order valence-corrected chi connectivity index (χ2v) is 5.18. The SMILES string of the molecule is CCc1ccc2nc3n(C)c(CN)c(Br)n3c2c1. The number of hydrogen-bond donors (Lipinski definition) is 1. The zero-order valence-electron chi connectivity index (χ0n) is 10.4. The number of aromatic nitrogens is 3. The number of halogens is 1. The maximum absolute atomic E-state index is 5.78. The number of nitrogens with zero attached hydrogens (tertiary/aromatic N) is 3. The van der Waals surface area contributed by atoms with Gasteiger partial charge >= 0.3 is 0 Å². The van der Waals surface area contributed by atoms with Crippen molar-refractivity contribution >= 4 is 32.7 Å². The maximum Gasteiger partial charge on any atom is 0.215 e. The number of nitrogens with two attached hydrogens (primary N) is 1. The van der Waals surface area contributed by atoms with E-state index >= 15 is 0 Å². The molecule has 2 N–H and O–H groups in total. The van der Waals surface area contributed by atoms with E-state index in [1.807, 2.05) is 11.6 Å². The molecule has 3 rings (SSSR count). The molecule has 0 spiro atoms. The van der Waals surface area contributed by atoms with Crippen molar-refractivity contribution < 1.29 is 0 Å². The molecule has 18 heavy (non-hydrogen) atoms. The molecule has 0 saturated heterocycles. The Morgan fingerprint density at radius 1 is 1.39 bits per heavy atom. The van der Waals surface area contributed by atoms with Crippen LogP contribution in [0.5, 0.6) is 0 Å². The molecule has 0 saturated carbocycles. The van der Waals surface area contributed by atoms with Crippen LogP contribution in [0.3, 0.4) is 0 Å². The Bertz CT molecular complexity index is 738. The number of imidazole rings is 2. The molecule has 0 amide bonds. The van der Waals surface area contributed by atoms with Gasteiger partial charge in [-0.05, 0) is 40.0 Å². The van der Waals surface area contributed by atoms with E-state index in [-0.39, 0.29) is 0 Å². The Morgan fingerprint density at radius 3 is 2.83 bits per heavy atom. The van der Waals surface area contributed by atoms with Crippen LogP contribution in [0.15, 0.2) is 22.8 Å². The third-order valence-corrected chi connectivity index (χ3v) is 4.25. The molecule has 5 heteroatoms. The fourth-order valence-corrected chi connectivity index (χ4v) is 3.13. The van der Waals surface area contributed by atoms with E-state index in [2.05, 4.69) is 50.4 Å². The highest BCUT2D eigenvalue weighted by Crippen LogP contribution is 2.27. The van der Waals surface area contributed by atoms with Gasteiger partial charge < -0.3 is 10.3 Å². The predicted octanol–water partition coefficient (Wildman–Crippen LogP) is 2.61. The number of benzene rings is 1. The minimum atomic E-state index is 0.495. The van der Waals surface area contributed by atoms with E-state index in [0.717, 1.165) is 33.5 Å². The summed E-state index contributed by atoms with van der Waals surface area (Å²) in [6, 6.07) is 6.41. The summed E-state index contributed by atoms with van der Waals surface area (Å²) in [5.41, 5.74) is 10.3. The van der Waals surface area contributed by atoms with Crippen molar-refractivity contribution in [3.05, 3.63) is 34.1 Å². The molecule has 4 nitrogen and oxygen atoms in total. The molecule has 0 bridgehead atoms. The molecule has 0 aliphatic rings. The minimum absolute atomic E-state index is 0.495. The molecule has 2 heterocycles. The van der Waals surface area contributed by atoms with Gasteiger partial charge in [-0.1, -0.05) is 13.0 Å². The summed E-state index contributed by atoms with van der Waals surface area (Å²) in [5, 5.41) is 0. The van der Waals surface area contributed by atoms with Crippen LogP contribution in [0.1, 0.15) is 18.2 Å². The zero-order valence-corrected chi connectivity index (χ0v) is 12.0. The summed E-state index contributed by atoms with van der Waals surface area (Å²) in [6.07, 6.45) is 1.03. The Balaban J connectivity index is 2.46. The van der Waals surface area contributed by atoms with Gasteiger partial charge in [0.15, 0.2) is 0 Å². The smallest absolute Gasteiger partial charge is 0.215 e. The summed E-state index contributed by atoms with van der Waals surface area (Å²) >= 11 is 3.63. The molecule has 2 aromatic heterocycles. The Labute approximate surface area is 114 Å². The van der Waals surface area contributed by atoms with E-state index in [4.69, 9.17) is 5.73 Å². The number of aryl methyl sites for hydroxylation is 2. The van der Waals surface area contributed by atoms with Crippen molar-refractivity contribution in [2.45, 2.75) is 19.9 Å². The summed E-state index contributed by atoms with van der Waals surface area (Å²) in [4.78, 5) is 4.66. The lowest BCUT2D eigenvalue weighted by molar-refractivity contribution is 0.836. The normalized spacial score (nSPS) is 11.8. The number of fused-ring (bicyclic) bond motifs is 3. The van der Waals surface area contributed by atoms with Crippen molar-refractivity contribution in [3.8, 4) is 0 Å². The van der Waals surface area contributed by atoms with Crippen LogP contribution in [0.2, 0.25) is 0 Å². The van der Waals surface area contributed by atoms with Crippen LogP contribution in [0, 0.1) is 0 Å². The largest absolute Gasteiger partial charge is 0.325 e. The first-order valence-corrected chi connectivity index (χ1v) is 6.80. The van der Waals surface area contributed by atoms with Crippen LogP contribution in [-0.2, 0) is 20.0 Å². The van der Waals surface area contributed by atoms with Crippen molar-refractivity contribution in [2.24, 2.45) is 12.8 Å². The van der Waals surface area contributed by atoms with Gasteiger partial charge in [-0.15, -0.1) is 0 Å². The highest BCUT2D eigenvalue weighted by molar-refractivity contribution is 9.10. The van der Waals surface area contributed by atoms with Gasteiger partial charge in [0.25, 0.3) is 0 Å². The maximum atomic E-state index is 5.78. The summed E-state index contributed by atoms with van der Waals surface area (Å²) in [6.45, 7) is 2.65. The molecule has 94 valence electrons. The molecular weight excluding hydrogens is 292 g/mol. The lowest BCUT2D eigenvalue weighted by Gasteiger charge is -1.99. The van der Waals surface area contributed by atoms with Crippen LogP contribution < -0.4 is 5.73 Å². The minimum Gasteiger partial charge on any atom is -0.325 e. The summed E-state index contributed by atoms with van der Waals surface area (Å²) in [5.74, 6) is 0.922. The number of hydrogen-bond acceptors (Lipinski definition) is 2. The fraction of sp³-hybridized carbons (Fsp3) is 0.308. The molecular formula is C13H15BrN4. The number of rotatable bonds is 2. The second kappa shape index (κ2) is 4.10. The lowest BCUT2D eigenvalue weighted by atomic mass is 10.1. The van der Waals surface area contributed by atoms with E-state index < -0.39 is 0 Å². The van der Waals surface area contributed by atoms with Crippen molar-refractivity contribution in [2.75, 3.05) is 0 Å². The fourth-order valence-electron chi connectivity index (χ4n) is 2.36. The zero-order chi connectivity index (χ0) is 12.9. The average molecular weight is 307 g/mol. The van der Waals surface area contributed by atoms with Crippen molar-refractivity contribution in [3.63, 3.8) is 0 Å². The highest BCUT2D eigenvalue weighted by Gasteiger charge is 2.16. The van der Waals surface area contributed by atoms with Gasteiger partial charge in [0.2, 0.25) is 5.78 Å². The van der Waals surface area contributed by atoms with E-state index in [0.29, 0.717) is 6.54 Å². The van der Waals surface area contributed by atoms with Gasteiger partial charge in [0, 0.05) is 13.6 Å². The van der Waals surface area contributed by atoms with Gasteiger partial charge in [-0.2, -0.15) is 0 Å². The Hall–Kier alpha value is -1.33. The van der Waals surface area contributed by atoms with Crippen molar-refractivity contribution in [1.29, 1.82) is 0 Å². The standard InChI is InChI=1S/C13H15BrN4/c1-3-8-4-5-9-10(6-8)18-12(14)11(7-15)17(2)13(18)16-9/h4-6H,3,7,15H2,1-2H3. The van der Waals surface area contributed by atoms with E-state index in [9.17, 15) is 0 Å². The molecule has 0 radical (unpaired) electrons.